The Labute approximate surface area is 163 Å². The molecule has 0 spiro atoms. The molecule has 4 heterocycles. The molecular weight excluding hydrogens is 351 g/mol. The molecule has 3 atom stereocenters. The van der Waals surface area contributed by atoms with Gasteiger partial charge in [-0.05, 0) is 16.7 Å². The van der Waals surface area contributed by atoms with Crippen molar-refractivity contribution in [2.75, 3.05) is 12.8 Å². The Balaban J connectivity index is 0.00000104. The zero-order chi connectivity index (χ0) is 15.4. The molecule has 1 amide bonds. The Bertz CT molecular complexity index is 716. The number of tetrazole rings is 1. The van der Waals surface area contributed by atoms with E-state index in [1.54, 1.807) is 4.68 Å². The van der Waals surface area contributed by atoms with Crippen LogP contribution in [0.25, 0.3) is 0 Å². The molecule has 0 radical (unpaired) electrons. The Morgan fingerprint density at radius 1 is 1.61 bits per heavy atom. The minimum absolute atomic E-state index is 0. The number of carboxylic acids is 1. The number of amides is 1. The van der Waals surface area contributed by atoms with Crippen LogP contribution in [0.3, 0.4) is 0 Å². The summed E-state index contributed by atoms with van der Waals surface area (Å²) in [6, 6.07) is -0.288. The SMILES string of the molecule is CSc1nnnn1CC1=C(C(=O)O)N2C(=O)[C@H]3NC[C@@H](S1)[C@H]32.[H-].[Na+]. The number of rotatable bonds is 4. The van der Waals surface area contributed by atoms with Gasteiger partial charge in [0.2, 0.25) is 11.1 Å². The summed E-state index contributed by atoms with van der Waals surface area (Å²) < 4.78 is 1.56. The van der Waals surface area contributed by atoms with Gasteiger partial charge in [-0.25, -0.2) is 9.48 Å². The summed E-state index contributed by atoms with van der Waals surface area (Å²) in [6.07, 6.45) is 1.85. The predicted octanol–water partition coefficient (Wildman–Crippen LogP) is -3.89. The number of aromatic nitrogens is 4. The summed E-state index contributed by atoms with van der Waals surface area (Å²) >= 11 is 2.89. The summed E-state index contributed by atoms with van der Waals surface area (Å²) in [7, 11) is 0. The molecular formula is C11H13N6NaO3S2. The summed E-state index contributed by atoms with van der Waals surface area (Å²) in [4.78, 5) is 25.9. The van der Waals surface area contributed by atoms with E-state index in [4.69, 9.17) is 0 Å². The second-order valence-electron chi connectivity index (χ2n) is 5.14. The van der Waals surface area contributed by atoms with Crippen LogP contribution in [0, 0.1) is 0 Å². The van der Waals surface area contributed by atoms with Gasteiger partial charge < -0.3 is 11.8 Å². The third kappa shape index (κ3) is 2.53. The first kappa shape index (κ1) is 17.2. The van der Waals surface area contributed by atoms with Gasteiger partial charge in [-0.1, -0.05) is 11.8 Å². The first-order chi connectivity index (χ1) is 10.6. The van der Waals surface area contributed by atoms with Gasteiger partial charge >= 0.3 is 35.5 Å². The Morgan fingerprint density at radius 2 is 2.39 bits per heavy atom. The van der Waals surface area contributed by atoms with E-state index in [1.165, 1.54) is 28.4 Å². The number of nitrogens with zero attached hydrogens (tertiary/aromatic N) is 5. The number of hydrogen-bond acceptors (Lipinski definition) is 8. The van der Waals surface area contributed by atoms with Crippen molar-refractivity contribution in [1.29, 1.82) is 0 Å². The zero-order valence-electron chi connectivity index (χ0n) is 13.5. The van der Waals surface area contributed by atoms with Crippen molar-refractivity contribution >= 4 is 35.4 Å². The largest absolute Gasteiger partial charge is 1.00 e. The minimum Gasteiger partial charge on any atom is -1.00 e. The van der Waals surface area contributed by atoms with Gasteiger partial charge in [0.15, 0.2) is 0 Å². The van der Waals surface area contributed by atoms with Crippen LogP contribution in [0.1, 0.15) is 1.43 Å². The molecule has 0 unspecified atom stereocenters. The number of hydrogen-bond donors (Lipinski definition) is 2. The van der Waals surface area contributed by atoms with E-state index in [1.807, 2.05) is 6.26 Å². The smallest absolute Gasteiger partial charge is 1.00 e. The molecule has 3 aliphatic heterocycles. The Hall–Kier alpha value is -0.590. The molecule has 1 aromatic heterocycles. The van der Waals surface area contributed by atoms with Gasteiger partial charge in [0.1, 0.15) is 11.7 Å². The molecule has 0 aliphatic carbocycles. The first-order valence-electron chi connectivity index (χ1n) is 6.61. The number of thioether (sulfide) groups is 2. The van der Waals surface area contributed by atoms with E-state index in [-0.39, 0.29) is 66.5 Å². The van der Waals surface area contributed by atoms with Crippen LogP contribution in [-0.4, -0.2) is 72.2 Å². The summed E-state index contributed by atoms with van der Waals surface area (Å²) in [6.45, 7) is 0.955. The second-order valence-corrected chi connectivity index (χ2v) is 7.25. The van der Waals surface area contributed by atoms with Crippen LogP contribution < -0.4 is 34.9 Å². The topological polar surface area (TPSA) is 113 Å². The monoisotopic (exact) mass is 364 g/mol. The molecule has 1 aromatic rings. The van der Waals surface area contributed by atoms with E-state index in [9.17, 15) is 14.7 Å². The van der Waals surface area contributed by atoms with Crippen LogP contribution in [0.2, 0.25) is 0 Å². The normalized spacial score (nSPS) is 28.3. The molecule has 2 fully saturated rings. The van der Waals surface area contributed by atoms with Crippen LogP contribution in [0.15, 0.2) is 15.8 Å². The summed E-state index contributed by atoms with van der Waals surface area (Å²) in [5, 5.41) is 24.9. The van der Waals surface area contributed by atoms with E-state index in [0.717, 1.165) is 0 Å². The van der Waals surface area contributed by atoms with Crippen molar-refractivity contribution in [1.82, 2.24) is 30.4 Å². The van der Waals surface area contributed by atoms with Crippen molar-refractivity contribution in [2.24, 2.45) is 0 Å². The first-order valence-corrected chi connectivity index (χ1v) is 8.72. The van der Waals surface area contributed by atoms with Crippen LogP contribution >= 0.6 is 23.5 Å². The van der Waals surface area contributed by atoms with Crippen LogP contribution in [-0.2, 0) is 16.1 Å². The maximum atomic E-state index is 12.1. The number of allylic oxidation sites excluding steroid dienone is 1. The fraction of sp³-hybridized carbons (Fsp3) is 0.545. The van der Waals surface area contributed by atoms with Gasteiger partial charge in [0.25, 0.3) is 0 Å². The average molecular weight is 364 g/mol. The molecule has 9 nitrogen and oxygen atoms in total. The van der Waals surface area contributed by atoms with Crippen LogP contribution in [0.4, 0.5) is 0 Å². The number of aliphatic carboxylic acids is 1. The van der Waals surface area contributed by atoms with Crippen LogP contribution in [0.5, 0.6) is 0 Å². The van der Waals surface area contributed by atoms with E-state index in [0.29, 0.717) is 16.6 Å². The second kappa shape index (κ2) is 6.37. The van der Waals surface area contributed by atoms with Gasteiger partial charge in [-0.15, -0.1) is 16.9 Å². The van der Waals surface area contributed by atoms with E-state index >= 15 is 0 Å². The maximum Gasteiger partial charge on any atom is 1.00 e. The molecule has 3 aliphatic rings. The molecule has 2 saturated heterocycles. The number of nitrogens with one attached hydrogen (secondary N) is 1. The predicted molar refractivity (Wildman–Crippen MR) is 79.2 cm³/mol. The van der Waals surface area contributed by atoms with Gasteiger partial charge in [0.05, 0.1) is 12.6 Å². The average Bonchev–Trinajstić information content (AvgIpc) is 3.10. The molecule has 4 rings (SSSR count). The maximum absolute atomic E-state index is 12.1. The number of carboxylic acid groups (broad SMARTS) is 1. The van der Waals surface area contributed by atoms with E-state index < -0.39 is 5.97 Å². The molecule has 2 N–H and O–H groups in total. The molecule has 118 valence electrons. The van der Waals surface area contributed by atoms with Crippen molar-refractivity contribution in [3.8, 4) is 0 Å². The van der Waals surface area contributed by atoms with Crippen molar-refractivity contribution in [2.45, 2.75) is 29.0 Å². The zero-order valence-corrected chi connectivity index (χ0v) is 16.1. The fourth-order valence-corrected chi connectivity index (χ4v) is 5.01. The molecule has 23 heavy (non-hydrogen) atoms. The third-order valence-corrected chi connectivity index (χ3v) is 6.05. The van der Waals surface area contributed by atoms with E-state index in [2.05, 4.69) is 20.8 Å². The van der Waals surface area contributed by atoms with Crippen molar-refractivity contribution < 1.29 is 45.7 Å². The quantitative estimate of drug-likeness (QED) is 0.314. The van der Waals surface area contributed by atoms with Gasteiger partial charge in [-0.2, -0.15) is 0 Å². The number of carbonyl (C=O) groups excluding carboxylic acids is 1. The molecule has 0 saturated carbocycles. The standard InChI is InChI=1S/C11H12N6O3S2.Na.H/c1-21-11-13-14-15-16(11)3-5-8(10(19)20)17-7-4(22-5)2-12-6(7)9(17)18;;/h4,6-7,12H,2-3H2,1H3,(H,19,20);;/q;+1;-1/t4-,6+,7-;;/m1../s1. The third-order valence-electron chi connectivity index (χ3n) is 4.04. The minimum atomic E-state index is -1.08. The molecule has 0 bridgehead atoms. The molecule has 0 aromatic carbocycles. The number of β-lactam (4-membered cyclic amide) rings is 1. The Morgan fingerprint density at radius 3 is 3.09 bits per heavy atom. The van der Waals surface area contributed by atoms with Crippen molar-refractivity contribution in [3.05, 3.63) is 10.6 Å². The molecule has 12 heteroatoms. The summed E-state index contributed by atoms with van der Waals surface area (Å²) in [5.41, 5.74) is 0.0683. The number of carbonyl (C=O) groups is 2. The van der Waals surface area contributed by atoms with Gasteiger partial charge in [0, 0.05) is 16.7 Å². The van der Waals surface area contributed by atoms with Crippen molar-refractivity contribution in [3.63, 3.8) is 0 Å². The summed E-state index contributed by atoms with van der Waals surface area (Å²) in [5.74, 6) is -1.25. The van der Waals surface area contributed by atoms with Gasteiger partial charge in [-0.3, -0.25) is 9.69 Å². The fourth-order valence-electron chi connectivity index (χ4n) is 3.12. The Kier molecular flexibility index (Phi) is 4.78.